The highest BCUT2D eigenvalue weighted by Gasteiger charge is 2.26. The third kappa shape index (κ3) is 10.2. The van der Waals surface area contributed by atoms with Crippen LogP contribution in [-0.4, -0.2) is 0 Å². The van der Waals surface area contributed by atoms with Crippen LogP contribution in [0.25, 0.3) is 34.4 Å². The minimum absolute atomic E-state index is 0.596. The topological polar surface area (TPSA) is 6.48 Å². The maximum Gasteiger partial charge on any atom is 0.0520 e. The molecule has 378 valence electrons. The van der Waals surface area contributed by atoms with Crippen molar-refractivity contribution in [2.24, 2.45) is 5.92 Å². The third-order valence-electron chi connectivity index (χ3n) is 16.3. The van der Waals surface area contributed by atoms with Gasteiger partial charge in [0.05, 0.1) is 22.7 Å². The van der Waals surface area contributed by atoms with Crippen molar-refractivity contribution in [3.8, 4) is 22.3 Å². The van der Waals surface area contributed by atoms with Crippen LogP contribution in [0.1, 0.15) is 132 Å². The summed E-state index contributed by atoms with van der Waals surface area (Å²) in [5.41, 5.74) is 37.8. The van der Waals surface area contributed by atoms with E-state index in [1.54, 1.807) is 0 Å². The first-order valence-corrected chi connectivity index (χ1v) is 27.4. The molecule has 0 N–H and O–H groups in total. The van der Waals surface area contributed by atoms with Crippen molar-refractivity contribution in [3.63, 3.8) is 0 Å². The molecule has 0 radical (unpaired) electrons. The van der Waals surface area contributed by atoms with Crippen molar-refractivity contribution in [1.29, 1.82) is 0 Å². The van der Waals surface area contributed by atoms with Crippen molar-refractivity contribution < 1.29 is 0 Å². The van der Waals surface area contributed by atoms with Gasteiger partial charge in [0, 0.05) is 11.4 Å². The molecule has 9 rings (SSSR count). The largest absolute Gasteiger partial charge is 0.309 e. The molecule has 1 aliphatic rings. The van der Waals surface area contributed by atoms with Crippen molar-refractivity contribution >= 4 is 46.3 Å². The fourth-order valence-electron chi connectivity index (χ4n) is 13.1. The second-order valence-corrected chi connectivity index (χ2v) is 22.6. The molecule has 2 bridgehead atoms. The third-order valence-corrected chi connectivity index (χ3v) is 16.3. The van der Waals surface area contributed by atoms with Crippen molar-refractivity contribution in [3.05, 3.63) is 221 Å². The van der Waals surface area contributed by atoms with E-state index in [0.717, 1.165) is 25.7 Å². The van der Waals surface area contributed by atoms with Crippen LogP contribution >= 0.6 is 0 Å². The Morgan fingerprint density at radius 3 is 1.20 bits per heavy atom. The molecule has 0 spiro atoms. The molecule has 2 heteroatoms. The van der Waals surface area contributed by atoms with Crippen LogP contribution in [-0.2, 0) is 12.8 Å². The predicted molar refractivity (Wildman–Crippen MR) is 324 cm³/mol. The number of aryl methyl sites for hydroxylation is 14. The molecule has 1 unspecified atom stereocenters. The number of rotatable bonds is 9. The summed E-state index contributed by atoms with van der Waals surface area (Å²) in [5.74, 6) is 0.596. The smallest absolute Gasteiger partial charge is 0.0520 e. The van der Waals surface area contributed by atoms with E-state index < -0.39 is 0 Å². The Hall–Kier alpha value is -6.90. The average Bonchev–Trinajstić information content (AvgIpc) is 3.31. The van der Waals surface area contributed by atoms with Crippen LogP contribution in [0.2, 0.25) is 0 Å². The Morgan fingerprint density at radius 2 is 0.770 bits per heavy atom. The van der Waals surface area contributed by atoms with E-state index in [2.05, 4.69) is 248 Å². The minimum Gasteiger partial charge on any atom is -0.309 e. The van der Waals surface area contributed by atoms with Gasteiger partial charge in [-0.3, -0.25) is 0 Å². The molecule has 0 heterocycles. The first-order chi connectivity index (χ1) is 35.3. The maximum absolute atomic E-state index is 2.55. The highest BCUT2D eigenvalue weighted by molar-refractivity contribution is 5.89. The highest BCUT2D eigenvalue weighted by atomic mass is 15.2. The fraction of sp³-hybridized carbons (Fsp3) is 0.306. The SMILES string of the molecule is CCC1CCCc2c(-c3ccc(N(c4c(C)cc(C)cc4C)c4c(C)cc(C)cc4C)c(C)c3)ccc(c2C)/C=C\c2ccc(-c3ccc(N(c4c(C)cc(C)cc4C)c4c(C)cc(C)cc4C)c(C)c3)cc2C1. The summed E-state index contributed by atoms with van der Waals surface area (Å²) in [6.07, 6.45) is 10.4. The molecule has 0 fully saturated rings. The molecule has 1 atom stereocenters. The van der Waals surface area contributed by atoms with Crippen molar-refractivity contribution in [1.82, 2.24) is 0 Å². The fourth-order valence-corrected chi connectivity index (χ4v) is 13.1. The highest BCUT2D eigenvalue weighted by Crippen LogP contribution is 2.47. The molecule has 1 aliphatic carbocycles. The van der Waals surface area contributed by atoms with Crippen LogP contribution < -0.4 is 9.80 Å². The predicted octanol–water partition coefficient (Wildman–Crippen LogP) is 20.7. The second-order valence-electron chi connectivity index (χ2n) is 22.6. The zero-order valence-corrected chi connectivity index (χ0v) is 47.6. The number of benzene rings is 8. The van der Waals surface area contributed by atoms with Gasteiger partial charge in [-0.2, -0.15) is 0 Å². The van der Waals surface area contributed by atoms with Crippen LogP contribution in [0.4, 0.5) is 34.1 Å². The summed E-state index contributed by atoms with van der Waals surface area (Å²) in [6.45, 7) is 36.3. The lowest BCUT2D eigenvalue weighted by Gasteiger charge is -2.33. The lowest BCUT2D eigenvalue weighted by molar-refractivity contribution is 0.452. The number of fused-ring (bicyclic) bond motifs is 3. The Morgan fingerprint density at radius 1 is 0.392 bits per heavy atom. The summed E-state index contributed by atoms with van der Waals surface area (Å²) in [7, 11) is 0. The number of anilines is 6. The monoisotopic (exact) mass is 973 g/mol. The van der Waals surface area contributed by atoms with E-state index in [0.29, 0.717) is 5.92 Å². The molecule has 0 aliphatic heterocycles. The van der Waals surface area contributed by atoms with E-state index in [9.17, 15) is 0 Å². The number of hydrogen-bond acceptors (Lipinski definition) is 2. The lowest BCUT2D eigenvalue weighted by Crippen LogP contribution is -2.17. The van der Waals surface area contributed by atoms with Crippen LogP contribution in [0, 0.1) is 110 Å². The zero-order valence-electron chi connectivity index (χ0n) is 47.6. The summed E-state index contributed by atoms with van der Waals surface area (Å²) >= 11 is 0. The first kappa shape index (κ1) is 52.0. The number of nitrogens with zero attached hydrogens (tertiary/aromatic N) is 2. The van der Waals surface area contributed by atoms with Gasteiger partial charge < -0.3 is 9.80 Å². The van der Waals surface area contributed by atoms with Gasteiger partial charge in [-0.1, -0.05) is 139 Å². The molecule has 0 amide bonds. The van der Waals surface area contributed by atoms with Gasteiger partial charge in [-0.15, -0.1) is 0 Å². The summed E-state index contributed by atoms with van der Waals surface area (Å²) in [4.78, 5) is 5.08. The van der Waals surface area contributed by atoms with Crippen molar-refractivity contribution in [2.45, 2.75) is 143 Å². The van der Waals surface area contributed by atoms with E-state index >= 15 is 0 Å². The van der Waals surface area contributed by atoms with Gasteiger partial charge >= 0.3 is 0 Å². The first-order valence-electron chi connectivity index (χ1n) is 27.4. The molecular formula is C72H80N2. The van der Waals surface area contributed by atoms with Crippen LogP contribution in [0.3, 0.4) is 0 Å². The Bertz CT molecular complexity index is 3300. The summed E-state index contributed by atoms with van der Waals surface area (Å²) in [6, 6.07) is 45.0. The molecule has 2 nitrogen and oxygen atoms in total. The molecule has 0 aromatic heterocycles. The van der Waals surface area contributed by atoms with E-state index in [1.165, 1.54) is 169 Å². The standard InChI is InChI=1S/C72H80N2/c1-17-58-19-18-20-65-57(16)59(25-28-66(65)63-27-30-68(48(7)40-63)74(71-53(12)35-45(4)36-54(71)13)72-55(14)37-46(5)38-56(72)15)21-22-60-23-24-62(42-64(60)41-58)61-26-29-67(47(6)39-61)73(69-49(8)31-43(2)32-50(69)9)70-51(10)33-44(3)34-52(70)11/h21-40,42,58H,17-20,41H2,1-16H3/b22-21-. The lowest BCUT2D eigenvalue weighted by atomic mass is 9.84. The van der Waals surface area contributed by atoms with E-state index in [1.807, 2.05) is 0 Å². The molecule has 0 saturated carbocycles. The molecule has 8 aromatic carbocycles. The molecular weight excluding hydrogens is 893 g/mol. The van der Waals surface area contributed by atoms with Crippen molar-refractivity contribution in [2.75, 3.05) is 9.80 Å². The minimum atomic E-state index is 0.596. The van der Waals surface area contributed by atoms with Gasteiger partial charge in [0.1, 0.15) is 0 Å². The molecule has 0 saturated heterocycles. The van der Waals surface area contributed by atoms with Crippen LogP contribution in [0.15, 0.2) is 115 Å². The zero-order chi connectivity index (χ0) is 52.9. The summed E-state index contributed by atoms with van der Waals surface area (Å²) in [5, 5.41) is 0. The average molecular weight is 973 g/mol. The number of hydrogen-bond donors (Lipinski definition) is 0. The van der Waals surface area contributed by atoms with Gasteiger partial charge in [-0.25, -0.2) is 0 Å². The van der Waals surface area contributed by atoms with E-state index in [4.69, 9.17) is 0 Å². The van der Waals surface area contributed by atoms with Gasteiger partial charge in [0.15, 0.2) is 0 Å². The normalized spacial score (nSPS) is 14.0. The second kappa shape index (κ2) is 21.1. The maximum atomic E-state index is 2.55. The van der Waals surface area contributed by atoms with Gasteiger partial charge in [-0.05, 0) is 265 Å². The Balaban J connectivity index is 1.07. The quantitative estimate of drug-likeness (QED) is 0.142. The Kier molecular flexibility index (Phi) is 14.9. The Labute approximate surface area is 445 Å². The molecule has 74 heavy (non-hydrogen) atoms. The van der Waals surface area contributed by atoms with Gasteiger partial charge in [0.25, 0.3) is 0 Å². The van der Waals surface area contributed by atoms with Gasteiger partial charge in [0.2, 0.25) is 0 Å². The molecule has 8 aromatic rings. The van der Waals surface area contributed by atoms with Crippen LogP contribution in [0.5, 0.6) is 0 Å². The summed E-state index contributed by atoms with van der Waals surface area (Å²) < 4.78 is 0. The van der Waals surface area contributed by atoms with E-state index in [-0.39, 0.29) is 0 Å².